The number of aliphatic hydroxyl groups is 3. The summed E-state index contributed by atoms with van der Waals surface area (Å²) in [4.78, 5) is 35.6. The van der Waals surface area contributed by atoms with Crippen LogP contribution in [0.2, 0.25) is 0 Å². The first-order valence-corrected chi connectivity index (χ1v) is 13.7. The van der Waals surface area contributed by atoms with Gasteiger partial charge < -0.3 is 24.8 Å². The molecule has 1 rings (SSSR count). The number of ether oxygens (including phenoxy) is 2. The topological polar surface area (TPSA) is 155 Å². The van der Waals surface area contributed by atoms with Gasteiger partial charge in [0.05, 0.1) is 24.7 Å². The zero-order valence-corrected chi connectivity index (χ0v) is 24.4. The van der Waals surface area contributed by atoms with Crippen molar-refractivity contribution in [3.8, 4) is 0 Å². The van der Waals surface area contributed by atoms with Gasteiger partial charge in [0.1, 0.15) is 23.3 Å². The molecule has 0 saturated carbocycles. The number of carbonyl (C=O) groups excluding carboxylic acids is 1. The van der Waals surface area contributed by atoms with Crippen molar-refractivity contribution in [3.63, 3.8) is 0 Å². The predicted molar refractivity (Wildman–Crippen MR) is 151 cm³/mol. The van der Waals surface area contributed by atoms with E-state index in [1.54, 1.807) is 26.8 Å². The molecule has 0 aromatic rings. The summed E-state index contributed by atoms with van der Waals surface area (Å²) in [7, 11) is 1.50. The molecule has 1 aliphatic rings. The minimum absolute atomic E-state index is 0.0407. The van der Waals surface area contributed by atoms with Gasteiger partial charge in [-0.3, -0.25) is 4.79 Å². The van der Waals surface area contributed by atoms with E-state index in [0.717, 1.165) is 5.57 Å². The van der Waals surface area contributed by atoms with Crippen molar-refractivity contribution in [2.75, 3.05) is 7.11 Å². The van der Waals surface area contributed by atoms with E-state index in [4.69, 9.17) is 9.47 Å². The summed E-state index contributed by atoms with van der Waals surface area (Å²) in [6, 6.07) is 0. The van der Waals surface area contributed by atoms with E-state index in [2.05, 4.69) is 10.4 Å². The molecule has 1 heterocycles. The summed E-state index contributed by atoms with van der Waals surface area (Å²) in [6.07, 6.45) is 6.29. The first kappa shape index (κ1) is 34.8. The predicted octanol–water partition coefficient (Wildman–Crippen LogP) is 4.75. The Hall–Kier alpha value is -2.27. The van der Waals surface area contributed by atoms with E-state index in [0.29, 0.717) is 12.8 Å². The summed E-state index contributed by atoms with van der Waals surface area (Å²) < 4.78 is 11.3. The van der Waals surface area contributed by atoms with Gasteiger partial charge in [0.25, 0.3) is 0 Å². The smallest absolute Gasteiger partial charge is 0.309 e. The lowest BCUT2D eigenvalue weighted by molar-refractivity contribution is -0.151. The SMILES string of the molecule is CCC(O)C(C)(CC(O)CC(C)/C=C/C=C(\C)C1OC(=O)CC(O)CCC(C)(N=O)C(OC)/C=C/C1C)N=O. The highest BCUT2D eigenvalue weighted by atomic mass is 16.5. The molecule has 10 heteroatoms. The fraction of sp³-hybridized carbons (Fsp3) is 0.759. The number of nitroso groups, excluding NO2 is 2. The zero-order valence-electron chi connectivity index (χ0n) is 24.4. The normalized spacial score (nSPS) is 32.2. The molecular formula is C29H48N2O8. The molecule has 0 spiro atoms. The number of aliphatic hydroxyl groups excluding tert-OH is 3. The van der Waals surface area contributed by atoms with Gasteiger partial charge in [0.2, 0.25) is 0 Å². The Labute approximate surface area is 232 Å². The number of hydrogen-bond acceptors (Lipinski definition) is 10. The second-order valence-corrected chi connectivity index (χ2v) is 11.4. The number of methoxy groups -OCH3 is 1. The summed E-state index contributed by atoms with van der Waals surface area (Å²) >= 11 is 0. The molecule has 0 fully saturated rings. The van der Waals surface area contributed by atoms with E-state index in [9.17, 15) is 29.9 Å². The number of esters is 1. The minimum atomic E-state index is -1.25. The van der Waals surface area contributed by atoms with Crippen LogP contribution in [0.1, 0.15) is 80.1 Å². The lowest BCUT2D eigenvalue weighted by Gasteiger charge is -2.31. The molecule has 0 aromatic carbocycles. The number of cyclic esters (lactones) is 1. The van der Waals surface area contributed by atoms with Crippen LogP contribution >= 0.6 is 0 Å². The Morgan fingerprint density at radius 3 is 2.56 bits per heavy atom. The Morgan fingerprint density at radius 1 is 1.33 bits per heavy atom. The van der Waals surface area contributed by atoms with Crippen molar-refractivity contribution in [2.45, 2.75) is 122 Å². The van der Waals surface area contributed by atoms with Gasteiger partial charge in [-0.2, -0.15) is 9.81 Å². The molecule has 3 N–H and O–H groups in total. The quantitative estimate of drug-likeness (QED) is 0.136. The molecule has 0 aliphatic carbocycles. The third-order valence-electron chi connectivity index (χ3n) is 7.64. The Balaban J connectivity index is 3.04. The van der Waals surface area contributed by atoms with Crippen LogP contribution in [0.15, 0.2) is 46.3 Å². The molecule has 222 valence electrons. The maximum Gasteiger partial charge on any atom is 0.309 e. The van der Waals surface area contributed by atoms with Crippen molar-refractivity contribution in [1.29, 1.82) is 0 Å². The second-order valence-electron chi connectivity index (χ2n) is 11.4. The molecule has 0 aromatic heterocycles. The van der Waals surface area contributed by atoms with Gasteiger partial charge in [-0.25, -0.2) is 0 Å². The third-order valence-corrected chi connectivity index (χ3v) is 7.64. The fourth-order valence-corrected chi connectivity index (χ4v) is 4.95. The van der Waals surface area contributed by atoms with Crippen LogP contribution in [-0.4, -0.2) is 70.0 Å². The van der Waals surface area contributed by atoms with Crippen molar-refractivity contribution >= 4 is 5.97 Å². The number of rotatable bonds is 12. The summed E-state index contributed by atoms with van der Waals surface area (Å²) in [6.45, 7) is 10.6. The van der Waals surface area contributed by atoms with E-state index in [1.165, 1.54) is 7.11 Å². The Bertz CT molecular complexity index is 891. The van der Waals surface area contributed by atoms with E-state index in [-0.39, 0.29) is 37.5 Å². The van der Waals surface area contributed by atoms with Crippen LogP contribution in [0.4, 0.5) is 0 Å². The number of nitrogens with zero attached hydrogens (tertiary/aromatic N) is 2. The van der Waals surface area contributed by atoms with Crippen LogP contribution in [-0.2, 0) is 14.3 Å². The van der Waals surface area contributed by atoms with E-state index < -0.39 is 47.6 Å². The molecule has 39 heavy (non-hydrogen) atoms. The average Bonchev–Trinajstić information content (AvgIpc) is 2.89. The highest BCUT2D eigenvalue weighted by Gasteiger charge is 2.37. The summed E-state index contributed by atoms with van der Waals surface area (Å²) in [5.41, 5.74) is -1.57. The van der Waals surface area contributed by atoms with Gasteiger partial charge in [-0.15, -0.1) is 0 Å². The second kappa shape index (κ2) is 16.1. The van der Waals surface area contributed by atoms with Gasteiger partial charge >= 0.3 is 5.97 Å². The van der Waals surface area contributed by atoms with E-state index >= 15 is 0 Å². The summed E-state index contributed by atoms with van der Waals surface area (Å²) in [5, 5.41) is 37.3. The fourth-order valence-electron chi connectivity index (χ4n) is 4.95. The minimum Gasteiger partial charge on any atom is -0.457 e. The Kier molecular flexibility index (Phi) is 14.4. The van der Waals surface area contributed by atoms with Gasteiger partial charge in [0.15, 0.2) is 0 Å². The maximum atomic E-state index is 12.6. The van der Waals surface area contributed by atoms with Crippen LogP contribution in [0.5, 0.6) is 0 Å². The van der Waals surface area contributed by atoms with Crippen LogP contribution < -0.4 is 0 Å². The van der Waals surface area contributed by atoms with Gasteiger partial charge in [-0.05, 0) is 57.9 Å². The maximum absolute atomic E-state index is 12.6. The molecule has 9 atom stereocenters. The molecule has 1 aliphatic heterocycles. The average molecular weight is 553 g/mol. The highest BCUT2D eigenvalue weighted by molar-refractivity contribution is 5.70. The lowest BCUT2D eigenvalue weighted by Crippen LogP contribution is -2.40. The zero-order chi connectivity index (χ0) is 29.8. The number of allylic oxidation sites excluding steroid dienone is 3. The van der Waals surface area contributed by atoms with Crippen molar-refractivity contribution in [1.82, 2.24) is 0 Å². The Morgan fingerprint density at radius 2 is 2.00 bits per heavy atom. The monoisotopic (exact) mass is 552 g/mol. The van der Waals surface area contributed by atoms with E-state index in [1.807, 2.05) is 45.1 Å². The third kappa shape index (κ3) is 10.7. The van der Waals surface area contributed by atoms with Crippen molar-refractivity contribution < 1.29 is 29.6 Å². The standard InChI is InChI=1S/C29H48N2O8/c1-8-24(34)29(6,31-37)18-23(33)16-19(2)10-9-11-20(3)27-21(4)12-13-25(38-7)28(5,30-36)15-14-22(32)17-26(35)39-27/h9-13,19,21-25,27,32-34H,8,14-18H2,1-7H3/b10-9+,13-12+,20-11+. The molecule has 9 unspecified atom stereocenters. The number of carbonyl (C=O) groups is 1. The largest absolute Gasteiger partial charge is 0.457 e. The van der Waals surface area contributed by atoms with Crippen molar-refractivity contribution in [3.05, 3.63) is 45.8 Å². The van der Waals surface area contributed by atoms with Gasteiger partial charge in [-0.1, -0.05) is 61.5 Å². The van der Waals surface area contributed by atoms with Gasteiger partial charge in [0, 0.05) is 19.4 Å². The first-order valence-electron chi connectivity index (χ1n) is 13.7. The molecule has 0 bridgehead atoms. The van der Waals surface area contributed by atoms with Crippen molar-refractivity contribution in [2.24, 2.45) is 22.2 Å². The summed E-state index contributed by atoms with van der Waals surface area (Å²) in [5.74, 6) is -0.839. The highest BCUT2D eigenvalue weighted by Crippen LogP contribution is 2.30. The number of hydrogen-bond donors (Lipinski definition) is 3. The lowest BCUT2D eigenvalue weighted by atomic mass is 9.85. The van der Waals surface area contributed by atoms with Crippen LogP contribution in [0.25, 0.3) is 0 Å². The first-order chi connectivity index (χ1) is 18.2. The van der Waals surface area contributed by atoms with Crippen LogP contribution in [0.3, 0.4) is 0 Å². The molecule has 0 radical (unpaired) electrons. The molecule has 10 nitrogen and oxygen atoms in total. The molecular weight excluding hydrogens is 504 g/mol. The molecule has 0 saturated heterocycles. The van der Waals surface area contributed by atoms with Crippen LogP contribution in [0, 0.1) is 21.6 Å². The molecule has 0 amide bonds.